The molecule has 4 heteroatoms. The monoisotopic (exact) mass is 346 g/mol. The second-order valence-electron chi connectivity index (χ2n) is 6.30. The van der Waals surface area contributed by atoms with Crippen LogP contribution in [0.25, 0.3) is 10.8 Å². The van der Waals surface area contributed by atoms with Crippen molar-refractivity contribution in [3.05, 3.63) is 83.9 Å². The molecule has 1 atom stereocenters. The molecule has 26 heavy (non-hydrogen) atoms. The number of hydrogen-bond acceptors (Lipinski definition) is 2. The lowest BCUT2D eigenvalue weighted by atomic mass is 10.00. The lowest BCUT2D eigenvalue weighted by molar-refractivity contribution is -0.126. The van der Waals surface area contributed by atoms with Crippen LogP contribution in [0.1, 0.15) is 24.1 Å². The molecule has 3 aromatic rings. The van der Waals surface area contributed by atoms with Crippen molar-refractivity contribution in [2.75, 3.05) is 6.54 Å². The van der Waals surface area contributed by atoms with Crippen LogP contribution in [0.3, 0.4) is 0 Å². The van der Waals surface area contributed by atoms with Crippen molar-refractivity contribution in [2.24, 2.45) is 0 Å². The van der Waals surface area contributed by atoms with Crippen LogP contribution in [0.2, 0.25) is 0 Å². The first-order valence-electron chi connectivity index (χ1n) is 8.71. The van der Waals surface area contributed by atoms with E-state index in [1.165, 1.54) is 0 Å². The Morgan fingerprint density at radius 1 is 0.846 bits per heavy atom. The van der Waals surface area contributed by atoms with E-state index >= 15 is 0 Å². The van der Waals surface area contributed by atoms with Gasteiger partial charge in [0.05, 0.1) is 19.0 Å². The summed E-state index contributed by atoms with van der Waals surface area (Å²) >= 11 is 0. The molecule has 0 heterocycles. The molecule has 0 saturated carbocycles. The van der Waals surface area contributed by atoms with Gasteiger partial charge in [0.2, 0.25) is 11.8 Å². The van der Waals surface area contributed by atoms with E-state index in [1.807, 2.05) is 61.5 Å². The Morgan fingerprint density at radius 2 is 1.54 bits per heavy atom. The fraction of sp³-hybridized carbons (Fsp3) is 0.182. The van der Waals surface area contributed by atoms with Crippen LogP contribution in [0, 0.1) is 0 Å². The fourth-order valence-electron chi connectivity index (χ4n) is 3.02. The van der Waals surface area contributed by atoms with Crippen molar-refractivity contribution in [3.63, 3.8) is 0 Å². The minimum Gasteiger partial charge on any atom is -0.348 e. The van der Waals surface area contributed by atoms with Crippen LogP contribution in [0.5, 0.6) is 0 Å². The van der Waals surface area contributed by atoms with E-state index in [0.717, 1.165) is 21.9 Å². The maximum absolute atomic E-state index is 12.2. The Bertz CT molecular complexity index is 901. The SMILES string of the molecule is C[C@@H](NC(=O)CNC(=O)Cc1ccccc1)c1cccc2ccccc12. The normalized spacial score (nSPS) is 11.7. The van der Waals surface area contributed by atoms with Gasteiger partial charge in [-0.05, 0) is 28.8 Å². The van der Waals surface area contributed by atoms with Crippen LogP contribution in [0.4, 0.5) is 0 Å². The average Bonchev–Trinajstić information content (AvgIpc) is 2.66. The molecule has 132 valence electrons. The summed E-state index contributed by atoms with van der Waals surface area (Å²) in [5.74, 6) is -0.365. The second kappa shape index (κ2) is 8.30. The zero-order valence-corrected chi connectivity index (χ0v) is 14.7. The molecular formula is C22H22N2O2. The predicted octanol–water partition coefficient (Wildman–Crippen LogP) is 3.38. The molecule has 2 N–H and O–H groups in total. The molecule has 0 aliphatic heterocycles. The number of carbonyl (C=O) groups excluding carboxylic acids is 2. The number of nitrogens with one attached hydrogen (secondary N) is 2. The average molecular weight is 346 g/mol. The molecule has 0 spiro atoms. The van der Waals surface area contributed by atoms with Gasteiger partial charge in [0.15, 0.2) is 0 Å². The highest BCUT2D eigenvalue weighted by atomic mass is 16.2. The molecule has 3 aromatic carbocycles. The molecule has 0 aliphatic rings. The molecule has 0 aromatic heterocycles. The third-order valence-corrected chi connectivity index (χ3v) is 4.32. The minimum absolute atomic E-state index is 0.0270. The molecule has 0 unspecified atom stereocenters. The molecule has 0 fully saturated rings. The van der Waals surface area contributed by atoms with Gasteiger partial charge in [-0.25, -0.2) is 0 Å². The van der Waals surface area contributed by atoms with Gasteiger partial charge in [0, 0.05) is 0 Å². The topological polar surface area (TPSA) is 58.2 Å². The summed E-state index contributed by atoms with van der Waals surface area (Å²) in [6, 6.07) is 23.5. The van der Waals surface area contributed by atoms with Crippen LogP contribution >= 0.6 is 0 Å². The van der Waals surface area contributed by atoms with Gasteiger partial charge in [0.25, 0.3) is 0 Å². The van der Waals surface area contributed by atoms with Gasteiger partial charge >= 0.3 is 0 Å². The maximum atomic E-state index is 12.2. The quantitative estimate of drug-likeness (QED) is 0.719. The Morgan fingerprint density at radius 3 is 2.35 bits per heavy atom. The summed E-state index contributed by atoms with van der Waals surface area (Å²) in [6.45, 7) is 1.92. The smallest absolute Gasteiger partial charge is 0.239 e. The van der Waals surface area contributed by atoms with Crippen LogP contribution in [0.15, 0.2) is 72.8 Å². The van der Waals surface area contributed by atoms with Crippen molar-refractivity contribution in [1.29, 1.82) is 0 Å². The molecule has 0 saturated heterocycles. The molecule has 4 nitrogen and oxygen atoms in total. The van der Waals surface area contributed by atoms with E-state index in [4.69, 9.17) is 0 Å². The van der Waals surface area contributed by atoms with Crippen molar-refractivity contribution in [3.8, 4) is 0 Å². The van der Waals surface area contributed by atoms with Gasteiger partial charge in [-0.3, -0.25) is 9.59 Å². The number of hydrogen-bond donors (Lipinski definition) is 2. The van der Waals surface area contributed by atoms with Crippen LogP contribution in [-0.4, -0.2) is 18.4 Å². The van der Waals surface area contributed by atoms with E-state index in [-0.39, 0.29) is 30.8 Å². The molecule has 0 bridgehead atoms. The molecule has 2 amide bonds. The lowest BCUT2D eigenvalue weighted by Gasteiger charge is -2.17. The van der Waals surface area contributed by atoms with Gasteiger partial charge in [-0.15, -0.1) is 0 Å². The van der Waals surface area contributed by atoms with Gasteiger partial charge in [-0.1, -0.05) is 72.8 Å². The lowest BCUT2D eigenvalue weighted by Crippen LogP contribution is -2.38. The van der Waals surface area contributed by atoms with E-state index in [0.29, 0.717) is 0 Å². The van der Waals surface area contributed by atoms with Gasteiger partial charge < -0.3 is 10.6 Å². The standard InChI is InChI=1S/C22H22N2O2/c1-16(19-13-7-11-18-10-5-6-12-20(18)19)24-22(26)15-23-21(25)14-17-8-3-2-4-9-17/h2-13,16H,14-15H2,1H3,(H,23,25)(H,24,26)/t16-/m1/s1. The first-order chi connectivity index (χ1) is 12.6. The summed E-state index contributed by atoms with van der Waals surface area (Å²) in [7, 11) is 0. The molecule has 0 radical (unpaired) electrons. The Balaban J connectivity index is 1.55. The van der Waals surface area contributed by atoms with Crippen molar-refractivity contribution >= 4 is 22.6 Å². The van der Waals surface area contributed by atoms with Gasteiger partial charge in [0.1, 0.15) is 0 Å². The third kappa shape index (κ3) is 4.48. The summed E-state index contributed by atoms with van der Waals surface area (Å²) in [6.07, 6.45) is 0.271. The number of amides is 2. The highest BCUT2D eigenvalue weighted by Gasteiger charge is 2.13. The number of carbonyl (C=O) groups is 2. The largest absolute Gasteiger partial charge is 0.348 e. The number of fused-ring (bicyclic) bond motifs is 1. The highest BCUT2D eigenvalue weighted by Crippen LogP contribution is 2.23. The van der Waals surface area contributed by atoms with Crippen molar-refractivity contribution in [2.45, 2.75) is 19.4 Å². The molecule has 0 aliphatic carbocycles. The Hall–Kier alpha value is -3.14. The Kier molecular flexibility index (Phi) is 5.64. The fourth-order valence-corrected chi connectivity index (χ4v) is 3.02. The zero-order chi connectivity index (χ0) is 18.4. The van der Waals surface area contributed by atoms with E-state index in [1.54, 1.807) is 0 Å². The first-order valence-corrected chi connectivity index (χ1v) is 8.71. The summed E-state index contributed by atoms with van der Waals surface area (Å²) < 4.78 is 0. The predicted molar refractivity (Wildman–Crippen MR) is 104 cm³/mol. The second-order valence-corrected chi connectivity index (χ2v) is 6.30. The van der Waals surface area contributed by atoms with E-state index in [9.17, 15) is 9.59 Å². The summed E-state index contributed by atoms with van der Waals surface area (Å²) in [5, 5.41) is 7.89. The highest BCUT2D eigenvalue weighted by molar-refractivity contribution is 5.88. The maximum Gasteiger partial charge on any atom is 0.239 e. The minimum atomic E-state index is -0.202. The van der Waals surface area contributed by atoms with Crippen LogP contribution in [-0.2, 0) is 16.0 Å². The van der Waals surface area contributed by atoms with Crippen molar-refractivity contribution in [1.82, 2.24) is 10.6 Å². The van der Waals surface area contributed by atoms with Crippen molar-refractivity contribution < 1.29 is 9.59 Å². The van der Waals surface area contributed by atoms with Crippen LogP contribution < -0.4 is 10.6 Å². The third-order valence-electron chi connectivity index (χ3n) is 4.32. The Labute approximate surface area is 153 Å². The molecule has 3 rings (SSSR count). The van der Waals surface area contributed by atoms with E-state index < -0.39 is 0 Å². The number of rotatable bonds is 6. The van der Waals surface area contributed by atoms with Gasteiger partial charge in [-0.2, -0.15) is 0 Å². The number of benzene rings is 3. The van der Waals surface area contributed by atoms with E-state index in [2.05, 4.69) is 28.8 Å². The summed E-state index contributed by atoms with van der Waals surface area (Å²) in [5.41, 5.74) is 1.99. The first kappa shape index (κ1) is 17.7. The zero-order valence-electron chi connectivity index (χ0n) is 14.7. The molecular weight excluding hydrogens is 324 g/mol. The summed E-state index contributed by atoms with van der Waals surface area (Å²) in [4.78, 5) is 24.2.